The van der Waals surface area contributed by atoms with Gasteiger partial charge >= 0.3 is 0 Å². The van der Waals surface area contributed by atoms with Gasteiger partial charge in [-0.3, -0.25) is 0 Å². The summed E-state index contributed by atoms with van der Waals surface area (Å²) in [4.78, 5) is 0. The van der Waals surface area contributed by atoms with Crippen LogP contribution in [0, 0.1) is 11.3 Å². The average molecular weight is 153 g/mol. The Morgan fingerprint density at radius 1 is 1.18 bits per heavy atom. The Balaban J connectivity index is 2.21. The van der Waals surface area contributed by atoms with E-state index in [9.17, 15) is 0 Å². The molecule has 1 heterocycles. The van der Waals surface area contributed by atoms with Gasteiger partial charge in [0.2, 0.25) is 0 Å². The molecule has 2 fully saturated rings. The van der Waals surface area contributed by atoms with E-state index in [-0.39, 0.29) is 0 Å². The van der Waals surface area contributed by atoms with Crippen LogP contribution in [0.5, 0.6) is 0 Å². The second kappa shape index (κ2) is 2.01. The molecule has 0 amide bonds. The van der Waals surface area contributed by atoms with Gasteiger partial charge in [-0.1, -0.05) is 6.92 Å². The molecule has 2 rings (SSSR count). The fourth-order valence-electron chi connectivity index (χ4n) is 2.58. The fraction of sp³-hybridized carbons (Fsp3) is 1.00. The predicted molar refractivity (Wildman–Crippen MR) is 47.5 cm³/mol. The zero-order valence-electron chi connectivity index (χ0n) is 7.91. The number of nitrogens with one attached hydrogen (secondary N) is 1. The summed E-state index contributed by atoms with van der Waals surface area (Å²) >= 11 is 0. The van der Waals surface area contributed by atoms with Gasteiger partial charge in [-0.25, -0.2) is 0 Å². The molecular weight excluding hydrogens is 134 g/mol. The van der Waals surface area contributed by atoms with E-state index < -0.39 is 0 Å². The molecule has 1 heteroatoms. The van der Waals surface area contributed by atoms with Gasteiger partial charge in [0.1, 0.15) is 0 Å². The molecule has 11 heavy (non-hydrogen) atoms. The highest BCUT2D eigenvalue weighted by molar-refractivity contribution is 5.08. The largest absolute Gasteiger partial charge is 0.311 e. The van der Waals surface area contributed by atoms with E-state index in [4.69, 9.17) is 0 Å². The molecule has 0 bridgehead atoms. The van der Waals surface area contributed by atoms with E-state index in [1.807, 2.05) is 0 Å². The maximum Gasteiger partial charge on any atom is 0.0181 e. The molecule has 0 aromatic carbocycles. The first-order valence-corrected chi connectivity index (χ1v) is 4.81. The maximum atomic E-state index is 3.61. The third kappa shape index (κ3) is 0.936. The van der Waals surface area contributed by atoms with Crippen molar-refractivity contribution in [2.24, 2.45) is 11.3 Å². The monoisotopic (exact) mass is 153 g/mol. The molecule has 1 N–H and O–H groups in total. The minimum atomic E-state index is 0.383. The lowest BCUT2D eigenvalue weighted by molar-refractivity contribution is 0.162. The summed E-state index contributed by atoms with van der Waals surface area (Å²) in [6.07, 6.45) is 4.33. The van der Waals surface area contributed by atoms with Gasteiger partial charge < -0.3 is 5.32 Å². The molecule has 2 aliphatic rings. The minimum absolute atomic E-state index is 0.383. The summed E-state index contributed by atoms with van der Waals surface area (Å²) in [5.41, 5.74) is 0.973. The molecule has 1 nitrogen and oxygen atoms in total. The average Bonchev–Trinajstić information content (AvgIpc) is 2.64. The summed E-state index contributed by atoms with van der Waals surface area (Å²) in [6.45, 7) is 8.40. The van der Waals surface area contributed by atoms with Crippen LogP contribution in [0.1, 0.15) is 40.0 Å². The van der Waals surface area contributed by atoms with Crippen LogP contribution in [-0.2, 0) is 0 Å². The van der Waals surface area contributed by atoms with E-state index in [1.165, 1.54) is 25.8 Å². The van der Waals surface area contributed by atoms with Gasteiger partial charge in [0.15, 0.2) is 0 Å². The summed E-state index contributed by atoms with van der Waals surface area (Å²) in [5.74, 6) is 1.02. The summed E-state index contributed by atoms with van der Waals surface area (Å²) < 4.78 is 0. The molecule has 0 radical (unpaired) electrons. The number of rotatable bonds is 1. The fourth-order valence-corrected chi connectivity index (χ4v) is 2.58. The Morgan fingerprint density at radius 2 is 1.82 bits per heavy atom. The topological polar surface area (TPSA) is 12.0 Å². The van der Waals surface area contributed by atoms with Crippen molar-refractivity contribution in [3.05, 3.63) is 0 Å². The molecule has 1 aliphatic carbocycles. The van der Waals surface area contributed by atoms with Crippen LogP contribution in [0.4, 0.5) is 0 Å². The Morgan fingerprint density at radius 3 is 2.18 bits per heavy atom. The SMILES string of the molecule is CC1(C)NCCC1(C)C1CC1. The molecule has 0 spiro atoms. The number of hydrogen-bond acceptors (Lipinski definition) is 1. The lowest BCUT2D eigenvalue weighted by Gasteiger charge is -2.38. The molecule has 1 unspecified atom stereocenters. The zero-order valence-corrected chi connectivity index (χ0v) is 7.91. The smallest absolute Gasteiger partial charge is 0.0181 e. The molecule has 1 saturated heterocycles. The molecular formula is C10H19N. The summed E-state index contributed by atoms with van der Waals surface area (Å²) in [6, 6.07) is 0. The highest BCUT2D eigenvalue weighted by Gasteiger charge is 2.53. The van der Waals surface area contributed by atoms with Crippen molar-refractivity contribution >= 4 is 0 Å². The highest BCUT2D eigenvalue weighted by atomic mass is 15.0. The zero-order chi connectivity index (χ0) is 8.11. The van der Waals surface area contributed by atoms with E-state index in [2.05, 4.69) is 26.1 Å². The summed E-state index contributed by atoms with van der Waals surface area (Å²) in [7, 11) is 0. The number of hydrogen-bond donors (Lipinski definition) is 1. The van der Waals surface area contributed by atoms with Crippen LogP contribution >= 0.6 is 0 Å². The Bertz CT molecular complexity index is 170. The second-order valence-corrected chi connectivity index (χ2v) is 4.99. The van der Waals surface area contributed by atoms with E-state index in [1.54, 1.807) is 0 Å². The van der Waals surface area contributed by atoms with Crippen molar-refractivity contribution in [2.75, 3.05) is 6.54 Å². The van der Waals surface area contributed by atoms with E-state index in [0.29, 0.717) is 11.0 Å². The van der Waals surface area contributed by atoms with Gasteiger partial charge in [-0.15, -0.1) is 0 Å². The Hall–Kier alpha value is -0.0400. The molecule has 0 aromatic rings. The maximum absolute atomic E-state index is 3.61. The minimum Gasteiger partial charge on any atom is -0.311 e. The van der Waals surface area contributed by atoms with Gasteiger partial charge in [0, 0.05) is 5.54 Å². The quantitative estimate of drug-likeness (QED) is 0.609. The van der Waals surface area contributed by atoms with Crippen molar-refractivity contribution < 1.29 is 0 Å². The summed E-state index contributed by atoms with van der Waals surface area (Å²) in [5, 5.41) is 3.61. The molecule has 64 valence electrons. The third-order valence-electron chi connectivity index (χ3n) is 4.12. The standard InChI is InChI=1S/C10H19N/c1-9(2)10(3,6-7-11-9)8-4-5-8/h8,11H,4-7H2,1-3H3. The van der Waals surface area contributed by atoms with Gasteiger partial charge in [0.05, 0.1) is 0 Å². The lowest BCUT2D eigenvalue weighted by atomic mass is 9.70. The van der Waals surface area contributed by atoms with Crippen LogP contribution in [0.25, 0.3) is 0 Å². The second-order valence-electron chi connectivity index (χ2n) is 4.99. The Labute approximate surface area is 69.6 Å². The van der Waals surface area contributed by atoms with Crippen LogP contribution in [0.3, 0.4) is 0 Å². The Kier molecular flexibility index (Phi) is 1.39. The van der Waals surface area contributed by atoms with Crippen molar-refractivity contribution in [3.63, 3.8) is 0 Å². The van der Waals surface area contributed by atoms with Crippen LogP contribution in [0.2, 0.25) is 0 Å². The molecule has 1 saturated carbocycles. The first-order chi connectivity index (χ1) is 5.06. The van der Waals surface area contributed by atoms with Gasteiger partial charge in [-0.05, 0) is 51.0 Å². The normalized spacial score (nSPS) is 42.8. The van der Waals surface area contributed by atoms with Crippen molar-refractivity contribution in [1.29, 1.82) is 0 Å². The van der Waals surface area contributed by atoms with Gasteiger partial charge in [-0.2, -0.15) is 0 Å². The third-order valence-corrected chi connectivity index (χ3v) is 4.12. The van der Waals surface area contributed by atoms with Crippen molar-refractivity contribution in [2.45, 2.75) is 45.6 Å². The first kappa shape index (κ1) is 7.60. The molecule has 1 atom stereocenters. The van der Waals surface area contributed by atoms with Crippen LogP contribution in [-0.4, -0.2) is 12.1 Å². The van der Waals surface area contributed by atoms with E-state index in [0.717, 1.165) is 5.92 Å². The molecule has 1 aliphatic heterocycles. The van der Waals surface area contributed by atoms with Gasteiger partial charge in [0.25, 0.3) is 0 Å². The van der Waals surface area contributed by atoms with Crippen molar-refractivity contribution in [3.8, 4) is 0 Å². The molecule has 0 aromatic heterocycles. The van der Waals surface area contributed by atoms with Crippen molar-refractivity contribution in [1.82, 2.24) is 5.32 Å². The first-order valence-electron chi connectivity index (χ1n) is 4.81. The predicted octanol–water partition coefficient (Wildman–Crippen LogP) is 2.17. The van der Waals surface area contributed by atoms with Crippen LogP contribution in [0.15, 0.2) is 0 Å². The van der Waals surface area contributed by atoms with Crippen LogP contribution < -0.4 is 5.32 Å². The van der Waals surface area contributed by atoms with E-state index >= 15 is 0 Å². The highest BCUT2D eigenvalue weighted by Crippen LogP contribution is 2.55. The lowest BCUT2D eigenvalue weighted by Crippen LogP contribution is -2.46.